The van der Waals surface area contributed by atoms with E-state index in [1.807, 2.05) is 25.1 Å². The van der Waals surface area contributed by atoms with Gasteiger partial charge in [-0.25, -0.2) is 18.4 Å². The topological polar surface area (TPSA) is 85.3 Å². The number of aromatic nitrogens is 3. The molecule has 27 heavy (non-hydrogen) atoms. The maximum Gasteiger partial charge on any atom is 0.161 e. The van der Waals surface area contributed by atoms with Crippen molar-refractivity contribution in [3.8, 4) is 11.4 Å². The largest absolute Gasteiger partial charge is 0.377 e. The molecule has 2 aliphatic rings. The van der Waals surface area contributed by atoms with E-state index in [0.29, 0.717) is 37.6 Å². The molecule has 0 aliphatic carbocycles. The maximum absolute atomic E-state index is 12.5. The van der Waals surface area contributed by atoms with Crippen LogP contribution in [-0.4, -0.2) is 54.9 Å². The second kappa shape index (κ2) is 7.16. The Bertz CT molecular complexity index is 948. The van der Waals surface area contributed by atoms with Crippen molar-refractivity contribution in [1.82, 2.24) is 15.0 Å². The molecule has 7 nitrogen and oxygen atoms in total. The zero-order chi connectivity index (χ0) is 19.0. The van der Waals surface area contributed by atoms with E-state index in [0.717, 1.165) is 23.6 Å². The third kappa shape index (κ3) is 3.68. The lowest BCUT2D eigenvalue weighted by Gasteiger charge is -2.34. The molecule has 2 aromatic rings. The van der Waals surface area contributed by atoms with Crippen LogP contribution in [0.25, 0.3) is 11.4 Å². The van der Waals surface area contributed by atoms with Gasteiger partial charge in [0, 0.05) is 30.1 Å². The number of aryl methyl sites for hydroxylation is 1. The Morgan fingerprint density at radius 3 is 2.81 bits per heavy atom. The Morgan fingerprint density at radius 1 is 1.26 bits per heavy atom. The van der Waals surface area contributed by atoms with Gasteiger partial charge in [0.25, 0.3) is 0 Å². The minimum absolute atomic E-state index is 0.175. The molecule has 2 saturated heterocycles. The van der Waals surface area contributed by atoms with Gasteiger partial charge in [0.15, 0.2) is 15.7 Å². The molecule has 2 aromatic heterocycles. The highest BCUT2D eigenvalue weighted by atomic mass is 32.2. The van der Waals surface area contributed by atoms with Crippen molar-refractivity contribution in [3.05, 3.63) is 35.8 Å². The summed E-state index contributed by atoms with van der Waals surface area (Å²) in [6, 6.07) is 5.82. The van der Waals surface area contributed by atoms with Crippen molar-refractivity contribution < 1.29 is 13.2 Å². The lowest BCUT2D eigenvalue weighted by atomic mass is 10.1. The highest BCUT2D eigenvalue weighted by molar-refractivity contribution is 7.91. The van der Waals surface area contributed by atoms with Gasteiger partial charge in [-0.15, -0.1) is 0 Å². The lowest BCUT2D eigenvalue weighted by Crippen LogP contribution is -2.44. The van der Waals surface area contributed by atoms with Crippen molar-refractivity contribution in [2.45, 2.75) is 38.0 Å². The third-order valence-corrected chi connectivity index (χ3v) is 7.41. The summed E-state index contributed by atoms with van der Waals surface area (Å²) in [5.41, 5.74) is 2.32. The van der Waals surface area contributed by atoms with E-state index in [1.54, 1.807) is 6.20 Å². The molecule has 0 bridgehead atoms. The van der Waals surface area contributed by atoms with Gasteiger partial charge in [0.05, 0.1) is 30.7 Å². The predicted octanol–water partition coefficient (Wildman–Crippen LogP) is 2.32. The molecular formula is C19H24N4O3S. The number of sulfone groups is 1. The van der Waals surface area contributed by atoms with Crippen LogP contribution in [0.15, 0.2) is 24.4 Å². The quantitative estimate of drug-likeness (QED) is 0.798. The maximum atomic E-state index is 12.5. The van der Waals surface area contributed by atoms with E-state index in [-0.39, 0.29) is 11.8 Å². The molecule has 0 amide bonds. The molecule has 4 heterocycles. The highest BCUT2D eigenvalue weighted by Gasteiger charge is 2.35. The number of hydrogen-bond donors (Lipinski definition) is 0. The van der Waals surface area contributed by atoms with Crippen molar-refractivity contribution in [3.63, 3.8) is 0 Å². The van der Waals surface area contributed by atoms with Crippen molar-refractivity contribution in [1.29, 1.82) is 0 Å². The van der Waals surface area contributed by atoms with Gasteiger partial charge in [-0.2, -0.15) is 0 Å². The Balaban J connectivity index is 1.83. The Labute approximate surface area is 159 Å². The van der Waals surface area contributed by atoms with Crippen LogP contribution in [0, 0.1) is 6.92 Å². The molecule has 0 radical (unpaired) electrons. The van der Waals surface area contributed by atoms with Crippen LogP contribution in [0.4, 0.5) is 5.82 Å². The molecular weight excluding hydrogens is 364 g/mol. The van der Waals surface area contributed by atoms with Crippen molar-refractivity contribution in [2.24, 2.45) is 0 Å². The summed E-state index contributed by atoms with van der Waals surface area (Å²) in [5, 5.41) is -0.544. The average molecular weight is 388 g/mol. The van der Waals surface area contributed by atoms with E-state index < -0.39 is 15.1 Å². The molecule has 0 spiro atoms. The number of rotatable bonds is 3. The van der Waals surface area contributed by atoms with E-state index in [4.69, 9.17) is 9.72 Å². The molecule has 2 fully saturated rings. The van der Waals surface area contributed by atoms with Crippen molar-refractivity contribution in [2.75, 3.05) is 30.4 Å². The van der Waals surface area contributed by atoms with Gasteiger partial charge < -0.3 is 9.64 Å². The second-order valence-corrected chi connectivity index (χ2v) is 9.58. The van der Waals surface area contributed by atoms with Crippen LogP contribution in [0.5, 0.6) is 0 Å². The molecule has 4 rings (SSSR count). The molecule has 0 aromatic carbocycles. The second-order valence-electron chi connectivity index (χ2n) is 7.28. The summed E-state index contributed by atoms with van der Waals surface area (Å²) in [6.07, 6.45) is 3.03. The number of ether oxygens (including phenoxy) is 1. The fraction of sp³-hybridized carbons (Fsp3) is 0.526. The molecule has 2 atom stereocenters. The zero-order valence-corrected chi connectivity index (χ0v) is 16.4. The lowest BCUT2D eigenvalue weighted by molar-refractivity contribution is 0.0985. The highest BCUT2D eigenvalue weighted by Crippen LogP contribution is 2.36. The first kappa shape index (κ1) is 18.3. The van der Waals surface area contributed by atoms with E-state index >= 15 is 0 Å². The van der Waals surface area contributed by atoms with Gasteiger partial charge in [-0.3, -0.25) is 4.98 Å². The van der Waals surface area contributed by atoms with E-state index in [2.05, 4.69) is 21.8 Å². The summed E-state index contributed by atoms with van der Waals surface area (Å²) in [5.74, 6) is 1.55. The smallest absolute Gasteiger partial charge is 0.161 e. The van der Waals surface area contributed by atoms with Gasteiger partial charge in [0.2, 0.25) is 0 Å². The minimum Gasteiger partial charge on any atom is -0.377 e. The van der Waals surface area contributed by atoms with Crippen LogP contribution >= 0.6 is 0 Å². The number of hydrogen-bond acceptors (Lipinski definition) is 7. The van der Waals surface area contributed by atoms with E-state index in [1.165, 1.54) is 0 Å². The normalized spacial score (nSPS) is 24.9. The molecule has 0 N–H and O–H groups in total. The molecule has 0 unspecified atom stereocenters. The minimum atomic E-state index is -3.15. The number of morpholine rings is 1. The standard InChI is InChI=1S/C19H24N4O3S/c1-13-10-15(5-6-20-13)19-21-16(17-4-3-9-27(17,24)25)11-18(22-19)23-7-8-26-12-14(23)2/h5-6,10-11,14,17H,3-4,7-9,12H2,1-2H3/t14-,17+/m1/s1. The first-order chi connectivity index (χ1) is 12.9. The third-order valence-electron chi connectivity index (χ3n) is 5.21. The SMILES string of the molecule is Cc1cc(-c2nc([C@@H]3CCCS3(=O)=O)cc(N3CCOC[C@H]3C)n2)ccn1. The van der Waals surface area contributed by atoms with Crippen LogP contribution in [0.3, 0.4) is 0 Å². The summed E-state index contributed by atoms with van der Waals surface area (Å²) in [4.78, 5) is 15.8. The van der Waals surface area contributed by atoms with Gasteiger partial charge >= 0.3 is 0 Å². The zero-order valence-electron chi connectivity index (χ0n) is 15.6. The first-order valence-corrected chi connectivity index (χ1v) is 11.0. The first-order valence-electron chi connectivity index (χ1n) is 9.32. The number of pyridine rings is 1. The number of nitrogens with zero attached hydrogens (tertiary/aromatic N) is 4. The molecule has 0 saturated carbocycles. The summed E-state index contributed by atoms with van der Waals surface area (Å²) < 4.78 is 30.6. The fourth-order valence-corrected chi connectivity index (χ4v) is 5.64. The van der Waals surface area contributed by atoms with Crippen LogP contribution in [0.2, 0.25) is 0 Å². The summed E-state index contributed by atoms with van der Waals surface area (Å²) >= 11 is 0. The monoisotopic (exact) mass is 388 g/mol. The molecule has 144 valence electrons. The van der Waals surface area contributed by atoms with Gasteiger partial charge in [-0.05, 0) is 38.8 Å². The Hall–Kier alpha value is -2.06. The van der Waals surface area contributed by atoms with Crippen molar-refractivity contribution >= 4 is 15.7 Å². The van der Waals surface area contributed by atoms with Gasteiger partial charge in [0.1, 0.15) is 11.1 Å². The summed E-state index contributed by atoms with van der Waals surface area (Å²) in [7, 11) is -3.15. The van der Waals surface area contributed by atoms with Crippen LogP contribution < -0.4 is 4.90 Å². The Kier molecular flexibility index (Phi) is 4.86. The summed E-state index contributed by atoms with van der Waals surface area (Å²) in [6.45, 7) is 5.99. The molecule has 8 heteroatoms. The predicted molar refractivity (Wildman–Crippen MR) is 103 cm³/mol. The van der Waals surface area contributed by atoms with E-state index in [9.17, 15) is 8.42 Å². The van der Waals surface area contributed by atoms with Crippen LogP contribution in [-0.2, 0) is 14.6 Å². The number of anilines is 1. The molecule has 2 aliphatic heterocycles. The fourth-order valence-electron chi connectivity index (χ4n) is 3.77. The Morgan fingerprint density at radius 2 is 2.11 bits per heavy atom. The van der Waals surface area contributed by atoms with Crippen LogP contribution in [0.1, 0.15) is 36.4 Å². The average Bonchev–Trinajstić information content (AvgIpc) is 3.01. The van der Waals surface area contributed by atoms with Gasteiger partial charge in [-0.1, -0.05) is 0 Å².